The molecule has 0 atom stereocenters. The minimum Gasteiger partial charge on any atom is -0.352 e. The van der Waals surface area contributed by atoms with Crippen molar-refractivity contribution in [2.75, 3.05) is 30.3 Å². The Morgan fingerprint density at radius 2 is 1.89 bits per heavy atom. The van der Waals surface area contributed by atoms with Crippen LogP contribution in [-0.4, -0.2) is 56.6 Å². The molecule has 11 heteroatoms. The monoisotopic (exact) mass is 515 g/mol. The quantitative estimate of drug-likeness (QED) is 0.289. The minimum atomic E-state index is -0.363. The second kappa shape index (κ2) is 11.1. The van der Waals surface area contributed by atoms with Gasteiger partial charge in [-0.1, -0.05) is 18.2 Å². The first-order chi connectivity index (χ1) is 18.1. The molecule has 3 amide bonds. The Balaban J connectivity index is 1.18. The van der Waals surface area contributed by atoms with E-state index in [4.69, 9.17) is 0 Å². The molecule has 37 heavy (non-hydrogen) atoms. The van der Waals surface area contributed by atoms with Gasteiger partial charge in [0.1, 0.15) is 10.8 Å². The van der Waals surface area contributed by atoms with E-state index in [-0.39, 0.29) is 17.7 Å². The minimum absolute atomic E-state index is 0.180. The van der Waals surface area contributed by atoms with Gasteiger partial charge in [0.05, 0.1) is 29.0 Å². The lowest BCUT2D eigenvalue weighted by Gasteiger charge is -2.15. The number of aromatic nitrogens is 3. The standard InChI is InChI=1S/C26H25N7O3S/c34-23-10-4-12-33(23)13-5-11-27-24(35)17-6-3-7-18(14-17)30-25(36)19-15-29-37-26(19)32-22-16-28-20-8-1-2-9-21(20)31-22/h1-3,6-9,14-16H,4-5,10-13H2,(H,27,35)(H,30,36)(H,31,32). The van der Waals surface area contributed by atoms with Gasteiger partial charge in [0.25, 0.3) is 11.8 Å². The summed E-state index contributed by atoms with van der Waals surface area (Å²) in [6, 6.07) is 14.3. The van der Waals surface area contributed by atoms with Crippen molar-refractivity contribution in [1.82, 2.24) is 24.6 Å². The first-order valence-corrected chi connectivity index (χ1v) is 12.7. The number of benzene rings is 2. The largest absolute Gasteiger partial charge is 0.352 e. The maximum absolute atomic E-state index is 13.0. The van der Waals surface area contributed by atoms with Crippen LogP contribution in [0.1, 0.15) is 40.0 Å². The molecule has 1 aliphatic heterocycles. The third kappa shape index (κ3) is 5.89. The van der Waals surface area contributed by atoms with Crippen LogP contribution in [0.4, 0.5) is 16.5 Å². The summed E-state index contributed by atoms with van der Waals surface area (Å²) in [7, 11) is 0. The fraction of sp³-hybridized carbons (Fsp3) is 0.231. The molecule has 3 N–H and O–H groups in total. The van der Waals surface area contributed by atoms with E-state index in [1.807, 2.05) is 29.2 Å². The molecular weight excluding hydrogens is 490 g/mol. The second-order valence-electron chi connectivity index (χ2n) is 8.57. The summed E-state index contributed by atoms with van der Waals surface area (Å²) in [5.74, 6) is 0.0834. The molecule has 2 aromatic heterocycles. The lowest BCUT2D eigenvalue weighted by molar-refractivity contribution is -0.127. The molecule has 0 saturated carbocycles. The molecule has 0 unspecified atom stereocenters. The predicted octanol–water partition coefficient (Wildman–Crippen LogP) is 3.82. The molecule has 2 aromatic carbocycles. The van der Waals surface area contributed by atoms with E-state index in [2.05, 4.69) is 30.3 Å². The molecular formula is C26H25N7O3S. The van der Waals surface area contributed by atoms with Crippen LogP contribution in [-0.2, 0) is 4.79 Å². The number of fused-ring (bicyclic) bond motifs is 1. The van der Waals surface area contributed by atoms with Crippen molar-refractivity contribution in [2.45, 2.75) is 19.3 Å². The van der Waals surface area contributed by atoms with Gasteiger partial charge in [0.2, 0.25) is 5.91 Å². The number of nitrogens with one attached hydrogen (secondary N) is 3. The molecule has 0 radical (unpaired) electrons. The number of para-hydroxylation sites is 2. The number of likely N-dealkylation sites (tertiary alicyclic amines) is 1. The van der Waals surface area contributed by atoms with Crippen molar-refractivity contribution in [3.8, 4) is 0 Å². The first kappa shape index (κ1) is 24.3. The molecule has 1 aliphatic rings. The number of anilines is 3. The molecule has 5 rings (SSSR count). The second-order valence-corrected chi connectivity index (χ2v) is 9.37. The zero-order valence-corrected chi connectivity index (χ0v) is 20.8. The Morgan fingerprint density at radius 3 is 2.73 bits per heavy atom. The fourth-order valence-corrected chi connectivity index (χ4v) is 4.73. The normalized spacial score (nSPS) is 13.1. The van der Waals surface area contributed by atoms with Gasteiger partial charge in [0, 0.05) is 37.3 Å². The molecule has 188 valence electrons. The average molecular weight is 516 g/mol. The Kier molecular flexibility index (Phi) is 7.31. The van der Waals surface area contributed by atoms with Gasteiger partial charge in [-0.15, -0.1) is 0 Å². The number of carbonyl (C=O) groups is 3. The SMILES string of the molecule is O=C(NCCCN1CCCC1=O)c1cccc(NC(=O)c2cnsc2Nc2cnc3ccccc3n2)c1. The van der Waals surface area contributed by atoms with Crippen molar-refractivity contribution in [1.29, 1.82) is 0 Å². The van der Waals surface area contributed by atoms with Crippen LogP contribution < -0.4 is 16.0 Å². The van der Waals surface area contributed by atoms with E-state index in [1.165, 1.54) is 6.20 Å². The van der Waals surface area contributed by atoms with Gasteiger partial charge in [-0.3, -0.25) is 19.4 Å². The van der Waals surface area contributed by atoms with Crippen LogP contribution in [0.3, 0.4) is 0 Å². The van der Waals surface area contributed by atoms with Crippen molar-refractivity contribution in [3.63, 3.8) is 0 Å². The van der Waals surface area contributed by atoms with E-state index >= 15 is 0 Å². The van der Waals surface area contributed by atoms with E-state index in [1.54, 1.807) is 30.5 Å². The summed E-state index contributed by atoms with van der Waals surface area (Å²) in [4.78, 5) is 48.0. The van der Waals surface area contributed by atoms with Crippen LogP contribution in [0, 0.1) is 0 Å². The molecule has 1 fully saturated rings. The van der Waals surface area contributed by atoms with Gasteiger partial charge in [-0.2, -0.15) is 4.37 Å². The van der Waals surface area contributed by atoms with Crippen molar-refractivity contribution < 1.29 is 14.4 Å². The van der Waals surface area contributed by atoms with Gasteiger partial charge >= 0.3 is 0 Å². The molecule has 1 saturated heterocycles. The van der Waals surface area contributed by atoms with Crippen LogP contribution in [0.15, 0.2) is 60.9 Å². The number of carbonyl (C=O) groups excluding carboxylic acids is 3. The number of hydrogen-bond acceptors (Lipinski definition) is 8. The van der Waals surface area contributed by atoms with Gasteiger partial charge < -0.3 is 20.9 Å². The fourth-order valence-electron chi connectivity index (χ4n) is 4.08. The van der Waals surface area contributed by atoms with Crippen molar-refractivity contribution >= 4 is 56.8 Å². The zero-order valence-electron chi connectivity index (χ0n) is 19.9. The Hall–Kier alpha value is -4.38. The average Bonchev–Trinajstić information content (AvgIpc) is 3.55. The number of rotatable bonds is 9. The highest BCUT2D eigenvalue weighted by Crippen LogP contribution is 2.26. The van der Waals surface area contributed by atoms with E-state index in [9.17, 15) is 14.4 Å². The molecule has 0 spiro atoms. The number of nitrogens with zero attached hydrogens (tertiary/aromatic N) is 4. The highest BCUT2D eigenvalue weighted by Gasteiger charge is 2.19. The lowest BCUT2D eigenvalue weighted by atomic mass is 10.1. The Labute approximate surface area is 217 Å². The van der Waals surface area contributed by atoms with Crippen molar-refractivity contribution in [3.05, 3.63) is 72.1 Å². The number of amides is 3. The van der Waals surface area contributed by atoms with Gasteiger partial charge in [-0.05, 0) is 54.7 Å². The molecule has 3 heterocycles. The number of hydrogen-bond donors (Lipinski definition) is 3. The molecule has 10 nitrogen and oxygen atoms in total. The summed E-state index contributed by atoms with van der Waals surface area (Å²) < 4.78 is 4.15. The van der Waals surface area contributed by atoms with E-state index in [0.29, 0.717) is 53.6 Å². The maximum atomic E-state index is 13.0. The summed E-state index contributed by atoms with van der Waals surface area (Å²) in [5.41, 5.74) is 2.79. The highest BCUT2D eigenvalue weighted by atomic mass is 32.1. The Morgan fingerprint density at radius 1 is 1.03 bits per heavy atom. The maximum Gasteiger partial charge on any atom is 0.260 e. The molecule has 4 aromatic rings. The third-order valence-corrected chi connectivity index (χ3v) is 6.66. The summed E-state index contributed by atoms with van der Waals surface area (Å²) in [6.07, 6.45) is 5.30. The molecule has 0 aliphatic carbocycles. The van der Waals surface area contributed by atoms with Gasteiger partial charge in [0.15, 0.2) is 0 Å². The smallest absolute Gasteiger partial charge is 0.260 e. The zero-order chi connectivity index (χ0) is 25.6. The van der Waals surface area contributed by atoms with Gasteiger partial charge in [-0.25, -0.2) is 4.98 Å². The summed E-state index contributed by atoms with van der Waals surface area (Å²) >= 11 is 1.14. The third-order valence-electron chi connectivity index (χ3n) is 5.95. The topological polar surface area (TPSA) is 129 Å². The lowest BCUT2D eigenvalue weighted by Crippen LogP contribution is -2.30. The highest BCUT2D eigenvalue weighted by molar-refractivity contribution is 7.10. The molecule has 0 bridgehead atoms. The predicted molar refractivity (Wildman–Crippen MR) is 142 cm³/mol. The van der Waals surface area contributed by atoms with Crippen LogP contribution in [0.2, 0.25) is 0 Å². The van der Waals surface area contributed by atoms with Crippen LogP contribution >= 0.6 is 11.5 Å². The van der Waals surface area contributed by atoms with Crippen LogP contribution in [0.25, 0.3) is 11.0 Å². The Bertz CT molecular complexity index is 1450. The van der Waals surface area contributed by atoms with E-state index < -0.39 is 0 Å². The summed E-state index contributed by atoms with van der Waals surface area (Å²) in [6.45, 7) is 1.90. The first-order valence-electron chi connectivity index (χ1n) is 12.0. The van der Waals surface area contributed by atoms with Crippen LogP contribution in [0.5, 0.6) is 0 Å². The van der Waals surface area contributed by atoms with E-state index in [0.717, 1.165) is 35.5 Å². The summed E-state index contributed by atoms with van der Waals surface area (Å²) in [5, 5.41) is 9.37. The van der Waals surface area contributed by atoms with Crippen molar-refractivity contribution in [2.24, 2.45) is 0 Å².